The SMILES string of the molecule is c1ccc2c(c1)ncn2CCCN1CCCC1. The van der Waals surface area contributed by atoms with Crippen molar-refractivity contribution in [1.29, 1.82) is 0 Å². The summed E-state index contributed by atoms with van der Waals surface area (Å²) >= 11 is 0. The molecule has 0 unspecified atom stereocenters. The molecule has 1 saturated heterocycles. The number of rotatable bonds is 4. The van der Waals surface area contributed by atoms with Crippen LogP contribution in [-0.2, 0) is 6.54 Å². The third-order valence-corrected chi connectivity index (χ3v) is 3.60. The fraction of sp³-hybridized carbons (Fsp3) is 0.500. The van der Waals surface area contributed by atoms with Gasteiger partial charge in [0.15, 0.2) is 0 Å². The molecule has 0 bridgehead atoms. The molecule has 2 aromatic rings. The molecular formula is C14H19N3. The van der Waals surface area contributed by atoms with E-state index in [1.807, 2.05) is 12.4 Å². The molecule has 0 spiro atoms. The van der Waals surface area contributed by atoms with Gasteiger partial charge in [0.1, 0.15) is 0 Å². The summed E-state index contributed by atoms with van der Waals surface area (Å²) in [4.78, 5) is 6.99. The minimum absolute atomic E-state index is 1.08. The molecule has 0 aliphatic carbocycles. The summed E-state index contributed by atoms with van der Waals surface area (Å²) in [5.74, 6) is 0. The number of aromatic nitrogens is 2. The lowest BCUT2D eigenvalue weighted by atomic mass is 10.3. The molecule has 0 saturated carbocycles. The Balaban J connectivity index is 1.60. The molecule has 1 aromatic carbocycles. The topological polar surface area (TPSA) is 21.1 Å². The lowest BCUT2D eigenvalue weighted by Gasteiger charge is -2.14. The number of fused-ring (bicyclic) bond motifs is 1. The maximum absolute atomic E-state index is 4.42. The highest BCUT2D eigenvalue weighted by Crippen LogP contribution is 2.13. The van der Waals surface area contributed by atoms with E-state index in [-0.39, 0.29) is 0 Å². The molecule has 0 N–H and O–H groups in total. The Morgan fingerprint density at radius 3 is 2.76 bits per heavy atom. The standard InChI is InChI=1S/C14H19N3/c1-2-7-14-13(6-1)15-12-17(14)11-5-10-16-8-3-4-9-16/h1-2,6-7,12H,3-5,8-11H2. The van der Waals surface area contributed by atoms with E-state index in [0.717, 1.165) is 12.1 Å². The van der Waals surface area contributed by atoms with Gasteiger partial charge >= 0.3 is 0 Å². The summed E-state index contributed by atoms with van der Waals surface area (Å²) in [5.41, 5.74) is 2.36. The summed E-state index contributed by atoms with van der Waals surface area (Å²) in [6.07, 6.45) is 5.96. The minimum Gasteiger partial charge on any atom is -0.331 e. The molecule has 1 aromatic heterocycles. The van der Waals surface area contributed by atoms with Gasteiger partial charge in [0.25, 0.3) is 0 Å². The van der Waals surface area contributed by atoms with E-state index in [9.17, 15) is 0 Å². The zero-order valence-corrected chi connectivity index (χ0v) is 10.2. The third-order valence-electron chi connectivity index (χ3n) is 3.60. The number of para-hydroxylation sites is 2. The van der Waals surface area contributed by atoms with Crippen LogP contribution in [0.25, 0.3) is 11.0 Å². The van der Waals surface area contributed by atoms with Crippen LogP contribution in [0.2, 0.25) is 0 Å². The van der Waals surface area contributed by atoms with Crippen LogP contribution < -0.4 is 0 Å². The van der Waals surface area contributed by atoms with Gasteiger partial charge in [-0.25, -0.2) is 4.98 Å². The van der Waals surface area contributed by atoms with E-state index in [4.69, 9.17) is 0 Å². The van der Waals surface area contributed by atoms with E-state index in [1.54, 1.807) is 0 Å². The molecular weight excluding hydrogens is 210 g/mol. The number of nitrogens with zero attached hydrogens (tertiary/aromatic N) is 3. The van der Waals surface area contributed by atoms with Crippen LogP contribution in [0.15, 0.2) is 30.6 Å². The van der Waals surface area contributed by atoms with E-state index in [1.165, 1.54) is 44.4 Å². The molecule has 1 aliphatic heterocycles. The number of imidazole rings is 1. The average molecular weight is 229 g/mol. The minimum atomic E-state index is 1.08. The van der Waals surface area contributed by atoms with Gasteiger partial charge in [0, 0.05) is 6.54 Å². The Kier molecular flexibility index (Phi) is 3.10. The van der Waals surface area contributed by atoms with Gasteiger partial charge in [-0.2, -0.15) is 0 Å². The summed E-state index contributed by atoms with van der Waals surface area (Å²) in [7, 11) is 0. The summed E-state index contributed by atoms with van der Waals surface area (Å²) < 4.78 is 2.27. The maximum Gasteiger partial charge on any atom is 0.0958 e. The first-order valence-corrected chi connectivity index (χ1v) is 6.56. The zero-order valence-electron chi connectivity index (χ0n) is 10.2. The number of likely N-dealkylation sites (tertiary alicyclic amines) is 1. The fourth-order valence-electron chi connectivity index (χ4n) is 2.66. The average Bonchev–Trinajstić information content (AvgIpc) is 2.99. The Bertz CT molecular complexity index is 483. The van der Waals surface area contributed by atoms with Crippen LogP contribution in [0, 0.1) is 0 Å². The van der Waals surface area contributed by atoms with Crippen molar-refractivity contribution >= 4 is 11.0 Å². The number of aryl methyl sites for hydroxylation is 1. The van der Waals surface area contributed by atoms with Gasteiger partial charge in [-0.05, 0) is 51.0 Å². The van der Waals surface area contributed by atoms with Gasteiger partial charge < -0.3 is 9.47 Å². The van der Waals surface area contributed by atoms with Crippen molar-refractivity contribution in [2.24, 2.45) is 0 Å². The largest absolute Gasteiger partial charge is 0.331 e. The van der Waals surface area contributed by atoms with Crippen LogP contribution in [0.3, 0.4) is 0 Å². The normalized spacial score (nSPS) is 16.9. The Labute approximate surface area is 102 Å². The number of hydrogen-bond donors (Lipinski definition) is 0. The third kappa shape index (κ3) is 2.34. The first-order valence-electron chi connectivity index (χ1n) is 6.56. The van der Waals surface area contributed by atoms with Crippen LogP contribution in [-0.4, -0.2) is 34.1 Å². The molecule has 1 fully saturated rings. The van der Waals surface area contributed by atoms with Gasteiger partial charge in [0.2, 0.25) is 0 Å². The first kappa shape index (κ1) is 10.8. The molecule has 0 atom stereocenters. The van der Waals surface area contributed by atoms with Gasteiger partial charge in [-0.15, -0.1) is 0 Å². The van der Waals surface area contributed by atoms with Crippen molar-refractivity contribution in [2.45, 2.75) is 25.8 Å². The van der Waals surface area contributed by atoms with E-state index < -0.39 is 0 Å². The highest BCUT2D eigenvalue weighted by molar-refractivity contribution is 5.74. The molecule has 90 valence electrons. The van der Waals surface area contributed by atoms with Gasteiger partial charge in [-0.3, -0.25) is 0 Å². The highest BCUT2D eigenvalue weighted by atomic mass is 15.1. The second kappa shape index (κ2) is 4.88. The molecule has 0 amide bonds. The van der Waals surface area contributed by atoms with Crippen molar-refractivity contribution in [2.75, 3.05) is 19.6 Å². The smallest absolute Gasteiger partial charge is 0.0958 e. The predicted octanol–water partition coefficient (Wildman–Crippen LogP) is 2.52. The van der Waals surface area contributed by atoms with Crippen LogP contribution in [0.4, 0.5) is 0 Å². The van der Waals surface area contributed by atoms with Crippen molar-refractivity contribution in [3.05, 3.63) is 30.6 Å². The van der Waals surface area contributed by atoms with Crippen molar-refractivity contribution < 1.29 is 0 Å². The monoisotopic (exact) mass is 229 g/mol. The van der Waals surface area contributed by atoms with Crippen molar-refractivity contribution in [1.82, 2.24) is 14.5 Å². The maximum atomic E-state index is 4.42. The predicted molar refractivity (Wildman–Crippen MR) is 70.0 cm³/mol. The number of hydrogen-bond acceptors (Lipinski definition) is 2. The molecule has 1 aliphatic rings. The van der Waals surface area contributed by atoms with Gasteiger partial charge in [-0.1, -0.05) is 12.1 Å². The molecule has 3 rings (SSSR count). The molecule has 2 heterocycles. The summed E-state index contributed by atoms with van der Waals surface area (Å²) in [5, 5.41) is 0. The second-order valence-corrected chi connectivity index (χ2v) is 4.83. The van der Waals surface area contributed by atoms with E-state index in [0.29, 0.717) is 0 Å². The second-order valence-electron chi connectivity index (χ2n) is 4.83. The quantitative estimate of drug-likeness (QED) is 0.803. The first-order chi connectivity index (χ1) is 8.43. The zero-order chi connectivity index (χ0) is 11.5. The van der Waals surface area contributed by atoms with Crippen molar-refractivity contribution in [3.63, 3.8) is 0 Å². The van der Waals surface area contributed by atoms with Crippen LogP contribution >= 0.6 is 0 Å². The molecule has 17 heavy (non-hydrogen) atoms. The van der Waals surface area contributed by atoms with Crippen molar-refractivity contribution in [3.8, 4) is 0 Å². The molecule has 3 nitrogen and oxygen atoms in total. The Hall–Kier alpha value is -1.35. The number of benzene rings is 1. The van der Waals surface area contributed by atoms with Crippen LogP contribution in [0.5, 0.6) is 0 Å². The van der Waals surface area contributed by atoms with Gasteiger partial charge in [0.05, 0.1) is 17.4 Å². The lowest BCUT2D eigenvalue weighted by Crippen LogP contribution is -2.21. The lowest BCUT2D eigenvalue weighted by molar-refractivity contribution is 0.326. The Morgan fingerprint density at radius 2 is 1.88 bits per heavy atom. The Morgan fingerprint density at radius 1 is 1.06 bits per heavy atom. The van der Waals surface area contributed by atoms with E-state index in [2.05, 4.69) is 32.7 Å². The molecule has 3 heteroatoms. The van der Waals surface area contributed by atoms with Crippen LogP contribution in [0.1, 0.15) is 19.3 Å². The molecule has 0 radical (unpaired) electrons. The summed E-state index contributed by atoms with van der Waals surface area (Å²) in [6.45, 7) is 4.90. The van der Waals surface area contributed by atoms with E-state index >= 15 is 0 Å². The summed E-state index contributed by atoms with van der Waals surface area (Å²) in [6, 6.07) is 8.36. The fourth-order valence-corrected chi connectivity index (χ4v) is 2.66. The highest BCUT2D eigenvalue weighted by Gasteiger charge is 2.10.